The van der Waals surface area contributed by atoms with E-state index < -0.39 is 15.9 Å². The molecule has 1 N–H and O–H groups in total. The number of methoxy groups -OCH3 is 1. The van der Waals surface area contributed by atoms with E-state index in [4.69, 9.17) is 16.3 Å². The number of amides is 1. The van der Waals surface area contributed by atoms with Crippen molar-refractivity contribution in [3.8, 4) is 5.75 Å². The first-order valence-corrected chi connectivity index (χ1v) is 10.9. The summed E-state index contributed by atoms with van der Waals surface area (Å²) in [6.45, 7) is 1.90. The first-order chi connectivity index (χ1) is 14.2. The van der Waals surface area contributed by atoms with E-state index in [9.17, 15) is 13.2 Å². The molecule has 0 bridgehead atoms. The molecule has 3 aromatic carbocycles. The van der Waals surface area contributed by atoms with Crippen molar-refractivity contribution in [2.75, 3.05) is 23.8 Å². The number of rotatable bonds is 6. The van der Waals surface area contributed by atoms with Gasteiger partial charge in [0.1, 0.15) is 5.75 Å². The number of carbonyl (C=O) groups excluding carboxylic acids is 1. The molecule has 0 fully saturated rings. The molecule has 0 heterocycles. The van der Waals surface area contributed by atoms with Crippen molar-refractivity contribution >= 4 is 38.9 Å². The monoisotopic (exact) mass is 444 g/mol. The SMILES string of the molecule is COc1ccc(C)cc1NC(=O)c1ccc(N(C)S(=O)(=O)c2ccccc2)cc1Cl. The third-order valence-electron chi connectivity index (χ3n) is 4.57. The van der Waals surface area contributed by atoms with Gasteiger partial charge in [0.25, 0.3) is 15.9 Å². The second-order valence-electron chi connectivity index (χ2n) is 6.61. The number of nitrogens with one attached hydrogen (secondary N) is 1. The zero-order valence-electron chi connectivity index (χ0n) is 16.7. The van der Waals surface area contributed by atoms with Crippen molar-refractivity contribution < 1.29 is 17.9 Å². The second-order valence-corrected chi connectivity index (χ2v) is 8.98. The lowest BCUT2D eigenvalue weighted by molar-refractivity contribution is 0.102. The van der Waals surface area contributed by atoms with Gasteiger partial charge in [-0.1, -0.05) is 35.9 Å². The van der Waals surface area contributed by atoms with Crippen molar-refractivity contribution in [3.63, 3.8) is 0 Å². The summed E-state index contributed by atoms with van der Waals surface area (Å²) in [5, 5.41) is 2.92. The zero-order chi connectivity index (χ0) is 21.9. The predicted molar refractivity (Wildman–Crippen MR) is 119 cm³/mol. The van der Waals surface area contributed by atoms with Crippen LogP contribution in [0.4, 0.5) is 11.4 Å². The summed E-state index contributed by atoms with van der Waals surface area (Å²) < 4.78 is 32.0. The number of sulfonamides is 1. The third-order valence-corrected chi connectivity index (χ3v) is 6.68. The van der Waals surface area contributed by atoms with Gasteiger partial charge in [-0.3, -0.25) is 9.10 Å². The van der Waals surface area contributed by atoms with Crippen LogP contribution in [0.15, 0.2) is 71.6 Å². The lowest BCUT2D eigenvalue weighted by Crippen LogP contribution is -2.26. The highest BCUT2D eigenvalue weighted by molar-refractivity contribution is 7.92. The molecule has 0 aromatic heterocycles. The molecule has 0 aliphatic rings. The van der Waals surface area contributed by atoms with Crippen LogP contribution < -0.4 is 14.4 Å². The topological polar surface area (TPSA) is 75.7 Å². The molecular weight excluding hydrogens is 424 g/mol. The number of halogens is 1. The molecule has 1 amide bonds. The highest BCUT2D eigenvalue weighted by atomic mass is 35.5. The number of hydrogen-bond donors (Lipinski definition) is 1. The molecule has 0 unspecified atom stereocenters. The van der Waals surface area contributed by atoms with Crippen LogP contribution in [0, 0.1) is 6.92 Å². The van der Waals surface area contributed by atoms with E-state index in [1.54, 1.807) is 30.3 Å². The molecule has 8 heteroatoms. The average molecular weight is 445 g/mol. The number of benzene rings is 3. The van der Waals surface area contributed by atoms with E-state index in [1.807, 2.05) is 13.0 Å². The Morgan fingerprint density at radius 3 is 2.37 bits per heavy atom. The van der Waals surface area contributed by atoms with Crippen LogP contribution in [0.1, 0.15) is 15.9 Å². The van der Waals surface area contributed by atoms with Gasteiger partial charge in [-0.05, 0) is 55.0 Å². The minimum absolute atomic E-state index is 0.131. The van der Waals surface area contributed by atoms with Crippen LogP contribution >= 0.6 is 11.6 Å². The first-order valence-electron chi connectivity index (χ1n) is 9.03. The van der Waals surface area contributed by atoms with Crippen LogP contribution in [-0.4, -0.2) is 28.5 Å². The summed E-state index contributed by atoms with van der Waals surface area (Å²) in [6, 6.07) is 18.0. The van der Waals surface area contributed by atoms with Gasteiger partial charge in [0, 0.05) is 7.05 Å². The quantitative estimate of drug-likeness (QED) is 0.596. The Balaban J connectivity index is 1.87. The summed E-state index contributed by atoms with van der Waals surface area (Å²) in [5.74, 6) is 0.0967. The zero-order valence-corrected chi connectivity index (χ0v) is 18.3. The third kappa shape index (κ3) is 4.42. The molecule has 0 spiro atoms. The summed E-state index contributed by atoms with van der Waals surface area (Å²) in [5.41, 5.74) is 2.04. The minimum atomic E-state index is -3.75. The fraction of sp³-hybridized carbons (Fsp3) is 0.136. The van der Waals surface area contributed by atoms with Gasteiger partial charge in [0.05, 0.1) is 34.0 Å². The number of aryl methyl sites for hydroxylation is 1. The molecule has 30 heavy (non-hydrogen) atoms. The maximum Gasteiger partial charge on any atom is 0.264 e. The maximum absolute atomic E-state index is 12.8. The molecule has 3 rings (SSSR count). The number of carbonyl (C=O) groups is 1. The van der Waals surface area contributed by atoms with Crippen molar-refractivity contribution in [3.05, 3.63) is 82.9 Å². The van der Waals surface area contributed by atoms with Crippen molar-refractivity contribution in [1.29, 1.82) is 0 Å². The van der Waals surface area contributed by atoms with Gasteiger partial charge in [0.15, 0.2) is 0 Å². The van der Waals surface area contributed by atoms with Crippen molar-refractivity contribution in [2.24, 2.45) is 0 Å². The van der Waals surface area contributed by atoms with Crippen molar-refractivity contribution in [2.45, 2.75) is 11.8 Å². The number of hydrogen-bond acceptors (Lipinski definition) is 4. The fourth-order valence-electron chi connectivity index (χ4n) is 2.88. The van der Waals surface area contributed by atoms with E-state index in [2.05, 4.69) is 5.32 Å². The van der Waals surface area contributed by atoms with Crippen LogP contribution in [-0.2, 0) is 10.0 Å². The summed E-state index contributed by atoms with van der Waals surface area (Å²) >= 11 is 6.32. The number of nitrogens with zero attached hydrogens (tertiary/aromatic N) is 1. The minimum Gasteiger partial charge on any atom is -0.495 e. The van der Waals surface area contributed by atoms with Gasteiger partial charge in [-0.2, -0.15) is 0 Å². The Morgan fingerprint density at radius 2 is 1.73 bits per heavy atom. The largest absolute Gasteiger partial charge is 0.495 e. The summed E-state index contributed by atoms with van der Waals surface area (Å²) in [7, 11) is -0.792. The molecule has 0 saturated carbocycles. The average Bonchev–Trinajstić information content (AvgIpc) is 2.73. The smallest absolute Gasteiger partial charge is 0.264 e. The second kappa shape index (κ2) is 8.77. The van der Waals surface area contributed by atoms with E-state index in [0.717, 1.165) is 9.87 Å². The fourth-order valence-corrected chi connectivity index (χ4v) is 4.35. The molecule has 6 nitrogen and oxygen atoms in total. The molecule has 0 radical (unpaired) electrons. The maximum atomic E-state index is 12.8. The molecular formula is C22H21ClN2O4S. The molecule has 0 aliphatic carbocycles. The standard InChI is InChI=1S/C22H21ClN2O4S/c1-15-9-12-21(29-3)20(13-15)24-22(26)18-11-10-16(14-19(18)23)25(2)30(27,28)17-7-5-4-6-8-17/h4-14H,1-3H3,(H,24,26). The van der Waals surface area contributed by atoms with Crippen LogP contribution in [0.5, 0.6) is 5.75 Å². The van der Waals surface area contributed by atoms with Gasteiger partial charge in [-0.25, -0.2) is 8.42 Å². The highest BCUT2D eigenvalue weighted by Gasteiger charge is 2.22. The van der Waals surface area contributed by atoms with E-state index in [-0.39, 0.29) is 15.5 Å². The summed E-state index contributed by atoms with van der Waals surface area (Å²) in [4.78, 5) is 12.9. The number of anilines is 2. The van der Waals surface area contributed by atoms with E-state index in [0.29, 0.717) is 17.1 Å². The summed E-state index contributed by atoms with van der Waals surface area (Å²) in [6.07, 6.45) is 0. The first kappa shape index (κ1) is 21.7. The van der Waals surface area contributed by atoms with Gasteiger partial charge < -0.3 is 10.1 Å². The Kier molecular flexibility index (Phi) is 6.34. The van der Waals surface area contributed by atoms with Gasteiger partial charge >= 0.3 is 0 Å². The lowest BCUT2D eigenvalue weighted by atomic mass is 10.1. The van der Waals surface area contributed by atoms with Gasteiger partial charge in [-0.15, -0.1) is 0 Å². The Labute approximate surface area is 181 Å². The molecule has 0 saturated heterocycles. The molecule has 3 aromatic rings. The van der Waals surface area contributed by atoms with Crippen LogP contribution in [0.3, 0.4) is 0 Å². The molecule has 0 atom stereocenters. The van der Waals surface area contributed by atoms with Gasteiger partial charge in [0.2, 0.25) is 0 Å². The van der Waals surface area contributed by atoms with E-state index >= 15 is 0 Å². The molecule has 156 valence electrons. The van der Waals surface area contributed by atoms with Crippen LogP contribution in [0.25, 0.3) is 0 Å². The van der Waals surface area contributed by atoms with Crippen LogP contribution in [0.2, 0.25) is 5.02 Å². The van der Waals surface area contributed by atoms with E-state index in [1.165, 1.54) is 44.5 Å². The lowest BCUT2D eigenvalue weighted by Gasteiger charge is -2.20. The predicted octanol–water partition coefficient (Wildman–Crippen LogP) is 4.73. The molecule has 0 aliphatic heterocycles. The highest BCUT2D eigenvalue weighted by Crippen LogP contribution is 2.29. The number of ether oxygens (including phenoxy) is 1. The van der Waals surface area contributed by atoms with Crippen molar-refractivity contribution in [1.82, 2.24) is 0 Å². The normalized spacial score (nSPS) is 11.1. The Morgan fingerprint density at radius 1 is 1.03 bits per heavy atom. The Bertz CT molecular complexity index is 1180. The Hall–Kier alpha value is -3.03.